The maximum Gasteiger partial charge on any atom is 0.256 e. The van der Waals surface area contributed by atoms with Gasteiger partial charge in [0.15, 0.2) is 0 Å². The first-order valence-corrected chi connectivity index (χ1v) is 6.01. The minimum atomic E-state index is -0.530. The number of carbonyl (C=O) groups is 1. The molecule has 3 N–H and O–H groups in total. The van der Waals surface area contributed by atoms with Gasteiger partial charge in [-0.2, -0.15) is 0 Å². The maximum absolute atomic E-state index is 13.1. The lowest BCUT2D eigenvalue weighted by atomic mass is 9.95. The molecule has 0 bridgehead atoms. The van der Waals surface area contributed by atoms with Gasteiger partial charge in [-0.15, -0.1) is 0 Å². The second-order valence-electron chi connectivity index (χ2n) is 4.82. The highest BCUT2D eigenvalue weighted by Crippen LogP contribution is 2.21. The molecular weight excluding hydrogens is 235 g/mol. The van der Waals surface area contributed by atoms with Crippen molar-refractivity contribution in [3.63, 3.8) is 0 Å². The first-order valence-electron chi connectivity index (χ1n) is 6.01. The fourth-order valence-electron chi connectivity index (χ4n) is 2.12. The van der Waals surface area contributed by atoms with Crippen LogP contribution in [-0.4, -0.2) is 35.1 Å². The number of rotatable bonds is 1. The smallest absolute Gasteiger partial charge is 0.256 e. The Labute approximate surface area is 105 Å². The number of aliphatic hydroxyl groups excluding tert-OH is 1. The van der Waals surface area contributed by atoms with Gasteiger partial charge in [0.1, 0.15) is 5.82 Å². The molecule has 1 aliphatic heterocycles. The van der Waals surface area contributed by atoms with Crippen LogP contribution in [0.25, 0.3) is 0 Å². The summed E-state index contributed by atoms with van der Waals surface area (Å²) in [6.07, 6.45) is 0.208. The van der Waals surface area contributed by atoms with Crippen LogP contribution in [0, 0.1) is 11.7 Å². The molecule has 2 rings (SSSR count). The molecule has 0 aromatic heterocycles. The average molecular weight is 252 g/mol. The zero-order valence-corrected chi connectivity index (χ0v) is 10.3. The normalized spacial score (nSPS) is 24.1. The van der Waals surface area contributed by atoms with Crippen LogP contribution < -0.4 is 5.73 Å². The molecule has 1 amide bonds. The highest BCUT2D eigenvalue weighted by atomic mass is 19.1. The Kier molecular flexibility index (Phi) is 3.52. The summed E-state index contributed by atoms with van der Waals surface area (Å²) in [5, 5.41) is 9.77. The third-order valence-electron chi connectivity index (χ3n) is 3.45. The van der Waals surface area contributed by atoms with E-state index in [-0.39, 0.29) is 29.6 Å². The fraction of sp³-hybridized carbons (Fsp3) is 0.462. The number of halogens is 1. The minimum Gasteiger partial charge on any atom is -0.398 e. The highest BCUT2D eigenvalue weighted by Gasteiger charge is 2.28. The molecule has 0 saturated carbocycles. The monoisotopic (exact) mass is 252 g/mol. The van der Waals surface area contributed by atoms with Crippen molar-refractivity contribution in [2.45, 2.75) is 19.4 Å². The van der Waals surface area contributed by atoms with E-state index in [1.54, 1.807) is 0 Å². The molecule has 1 aliphatic rings. The molecule has 2 atom stereocenters. The van der Waals surface area contributed by atoms with Crippen LogP contribution >= 0.6 is 0 Å². The second kappa shape index (κ2) is 4.94. The molecule has 1 saturated heterocycles. The Morgan fingerprint density at radius 2 is 2.28 bits per heavy atom. The van der Waals surface area contributed by atoms with Gasteiger partial charge in [-0.25, -0.2) is 4.39 Å². The third-order valence-corrected chi connectivity index (χ3v) is 3.45. The van der Waals surface area contributed by atoms with Crippen molar-refractivity contribution in [2.75, 3.05) is 18.8 Å². The Morgan fingerprint density at radius 1 is 1.56 bits per heavy atom. The molecule has 18 heavy (non-hydrogen) atoms. The molecule has 98 valence electrons. The second-order valence-corrected chi connectivity index (χ2v) is 4.82. The molecule has 0 radical (unpaired) electrons. The van der Waals surface area contributed by atoms with Crippen LogP contribution in [0.15, 0.2) is 18.2 Å². The van der Waals surface area contributed by atoms with E-state index in [1.165, 1.54) is 17.0 Å². The van der Waals surface area contributed by atoms with Crippen LogP contribution in [0.5, 0.6) is 0 Å². The molecular formula is C13H17FN2O2. The molecule has 1 aromatic rings. The van der Waals surface area contributed by atoms with Crippen molar-refractivity contribution in [2.24, 2.45) is 5.92 Å². The van der Waals surface area contributed by atoms with Gasteiger partial charge in [-0.1, -0.05) is 6.92 Å². The largest absolute Gasteiger partial charge is 0.398 e. The Hall–Kier alpha value is -1.62. The SMILES string of the molecule is CC1CCN(C(=O)c2cc(F)ccc2N)CC1O. The maximum atomic E-state index is 13.1. The van der Waals surface area contributed by atoms with Crippen molar-refractivity contribution in [3.8, 4) is 0 Å². The molecule has 2 unspecified atom stereocenters. The van der Waals surface area contributed by atoms with E-state index in [4.69, 9.17) is 5.73 Å². The van der Waals surface area contributed by atoms with Crippen LogP contribution in [0.3, 0.4) is 0 Å². The lowest BCUT2D eigenvalue weighted by Gasteiger charge is -2.34. The average Bonchev–Trinajstić information content (AvgIpc) is 2.35. The number of aliphatic hydroxyl groups is 1. The summed E-state index contributed by atoms with van der Waals surface area (Å²) in [7, 11) is 0. The van der Waals surface area contributed by atoms with Gasteiger partial charge in [-0.05, 0) is 30.5 Å². The van der Waals surface area contributed by atoms with E-state index in [0.717, 1.165) is 12.5 Å². The van der Waals surface area contributed by atoms with E-state index < -0.39 is 11.9 Å². The van der Waals surface area contributed by atoms with Crippen molar-refractivity contribution < 1.29 is 14.3 Å². The molecule has 0 aliphatic carbocycles. The van der Waals surface area contributed by atoms with Crippen LogP contribution in [0.4, 0.5) is 10.1 Å². The molecule has 5 heteroatoms. The number of hydrogen-bond acceptors (Lipinski definition) is 3. The van der Waals surface area contributed by atoms with E-state index in [9.17, 15) is 14.3 Å². The number of benzene rings is 1. The van der Waals surface area contributed by atoms with Crippen LogP contribution in [0.1, 0.15) is 23.7 Å². The summed E-state index contributed by atoms with van der Waals surface area (Å²) in [6, 6.07) is 3.74. The first-order chi connectivity index (χ1) is 8.49. The van der Waals surface area contributed by atoms with Gasteiger partial charge < -0.3 is 15.7 Å². The number of piperidine rings is 1. The van der Waals surface area contributed by atoms with Gasteiger partial charge in [0.05, 0.1) is 11.7 Å². The number of carbonyl (C=O) groups excluding carboxylic acids is 1. The van der Waals surface area contributed by atoms with Crippen molar-refractivity contribution in [1.82, 2.24) is 4.90 Å². The van der Waals surface area contributed by atoms with Gasteiger partial charge >= 0.3 is 0 Å². The van der Waals surface area contributed by atoms with Crippen LogP contribution in [-0.2, 0) is 0 Å². The number of nitrogens with zero attached hydrogens (tertiary/aromatic N) is 1. The third kappa shape index (κ3) is 2.46. The lowest BCUT2D eigenvalue weighted by molar-refractivity contribution is 0.0249. The van der Waals surface area contributed by atoms with E-state index in [0.29, 0.717) is 6.54 Å². The Balaban J connectivity index is 2.19. The highest BCUT2D eigenvalue weighted by molar-refractivity contribution is 5.99. The summed E-state index contributed by atoms with van der Waals surface area (Å²) < 4.78 is 13.1. The molecule has 4 nitrogen and oxygen atoms in total. The summed E-state index contributed by atoms with van der Waals surface area (Å²) >= 11 is 0. The fourth-order valence-corrected chi connectivity index (χ4v) is 2.12. The summed E-state index contributed by atoms with van der Waals surface area (Å²) in [5.41, 5.74) is 6.10. The summed E-state index contributed by atoms with van der Waals surface area (Å²) in [5.74, 6) is -0.629. The Morgan fingerprint density at radius 3 is 2.94 bits per heavy atom. The molecule has 1 fully saturated rings. The van der Waals surface area contributed by atoms with Gasteiger partial charge in [0, 0.05) is 18.8 Å². The zero-order chi connectivity index (χ0) is 13.3. The number of amides is 1. The number of nitrogens with two attached hydrogens (primary N) is 1. The van der Waals surface area contributed by atoms with E-state index >= 15 is 0 Å². The molecule has 1 aromatic carbocycles. The van der Waals surface area contributed by atoms with Crippen molar-refractivity contribution in [3.05, 3.63) is 29.6 Å². The summed E-state index contributed by atoms with van der Waals surface area (Å²) in [4.78, 5) is 13.7. The predicted octanol–water partition coefficient (Wildman–Crippen LogP) is 1.25. The first kappa shape index (κ1) is 12.8. The number of nitrogen functional groups attached to an aromatic ring is 1. The quantitative estimate of drug-likeness (QED) is 0.739. The standard InChI is InChI=1S/C13H17FN2O2/c1-8-4-5-16(7-12(8)17)13(18)10-6-9(14)2-3-11(10)15/h2-3,6,8,12,17H,4-5,7,15H2,1H3. The van der Waals surface area contributed by atoms with Gasteiger partial charge in [0.25, 0.3) is 5.91 Å². The van der Waals surface area contributed by atoms with Crippen molar-refractivity contribution >= 4 is 11.6 Å². The van der Waals surface area contributed by atoms with E-state index in [2.05, 4.69) is 0 Å². The lowest BCUT2D eigenvalue weighted by Crippen LogP contribution is -2.46. The van der Waals surface area contributed by atoms with Crippen molar-refractivity contribution in [1.29, 1.82) is 0 Å². The number of likely N-dealkylation sites (tertiary alicyclic amines) is 1. The van der Waals surface area contributed by atoms with Crippen LogP contribution in [0.2, 0.25) is 0 Å². The molecule has 0 spiro atoms. The number of hydrogen-bond donors (Lipinski definition) is 2. The van der Waals surface area contributed by atoms with E-state index in [1.807, 2.05) is 6.92 Å². The topological polar surface area (TPSA) is 66.6 Å². The summed E-state index contributed by atoms with van der Waals surface area (Å²) in [6.45, 7) is 2.78. The predicted molar refractivity (Wildman–Crippen MR) is 66.5 cm³/mol. The zero-order valence-electron chi connectivity index (χ0n) is 10.3. The van der Waals surface area contributed by atoms with Gasteiger partial charge in [-0.3, -0.25) is 4.79 Å². The van der Waals surface area contributed by atoms with Gasteiger partial charge in [0.2, 0.25) is 0 Å². The Bertz CT molecular complexity index is 464. The number of β-amino-alcohol motifs (C(OH)–C–C–N with tert-alkyl or cyclic N) is 1. The number of anilines is 1. The minimum absolute atomic E-state index is 0.164. The molecule has 1 heterocycles.